The number of carbonyl (C=O) groups excluding carboxylic acids is 1. The third-order valence-corrected chi connectivity index (χ3v) is 7.76. The summed E-state index contributed by atoms with van der Waals surface area (Å²) in [4.78, 5) is 16.3. The molecule has 2 fully saturated rings. The number of aromatic nitrogens is 4. The van der Waals surface area contributed by atoms with Gasteiger partial charge >= 0.3 is 6.18 Å². The van der Waals surface area contributed by atoms with Gasteiger partial charge in [0.15, 0.2) is 11.5 Å². The summed E-state index contributed by atoms with van der Waals surface area (Å²) in [6.07, 6.45) is 5.23. The predicted molar refractivity (Wildman–Crippen MR) is 126 cm³/mol. The molecule has 2 atom stereocenters. The Balaban J connectivity index is 1.34. The number of anilines is 1. The van der Waals surface area contributed by atoms with Gasteiger partial charge in [0.05, 0.1) is 31.8 Å². The Morgan fingerprint density at radius 2 is 2.00 bits per heavy atom. The van der Waals surface area contributed by atoms with Crippen molar-refractivity contribution < 1.29 is 22.7 Å². The smallest absolute Gasteiger partial charge is 0.377 e. The van der Waals surface area contributed by atoms with E-state index in [4.69, 9.17) is 9.84 Å². The van der Waals surface area contributed by atoms with Crippen molar-refractivity contribution >= 4 is 17.3 Å². The average Bonchev–Trinajstić information content (AvgIpc) is 3.38. The Kier molecular flexibility index (Phi) is 5.51. The van der Waals surface area contributed by atoms with E-state index in [2.05, 4.69) is 14.7 Å². The lowest BCUT2D eigenvalue weighted by Crippen LogP contribution is -2.45. The van der Waals surface area contributed by atoms with E-state index < -0.39 is 11.9 Å². The Bertz CT molecular complexity index is 1260. The van der Waals surface area contributed by atoms with E-state index in [1.54, 1.807) is 13.0 Å². The number of ether oxygens (including phenoxy) is 1. The molecular weight excluding hydrogens is 473 g/mol. The standard InChI is InChI=1S/C25H29F3N6O2/c1-15(35)32-9-7-22-20(12-32)24(30-34(22)18-13-36-14-18)33-8-3-4-17-10-16(5-6-21(17)33)19-11-31(2)29-23(19)25(26,27)28/h5-6,10-11,17-18,21H,3-4,7-9,12-14H2,1-2H3. The SMILES string of the molecule is CC(=O)N1CCc2c(c(N3CCCC4C=C(c5cn(C)nc5C(F)(F)F)C=CC43)nn2C2COC2)C1. The highest BCUT2D eigenvalue weighted by atomic mass is 19.4. The number of piperidine rings is 1. The molecule has 1 aliphatic carbocycles. The molecule has 0 radical (unpaired) electrons. The van der Waals surface area contributed by atoms with Crippen molar-refractivity contribution in [3.05, 3.63) is 46.9 Å². The lowest BCUT2D eigenvalue weighted by molar-refractivity contribution is -0.141. The molecule has 0 aromatic carbocycles. The molecule has 1 amide bonds. The minimum absolute atomic E-state index is 0.00805. The Labute approximate surface area is 207 Å². The van der Waals surface area contributed by atoms with Crippen LogP contribution >= 0.6 is 0 Å². The van der Waals surface area contributed by atoms with E-state index in [0.29, 0.717) is 31.9 Å². The van der Waals surface area contributed by atoms with E-state index in [1.165, 1.54) is 23.6 Å². The molecular formula is C25H29F3N6O2. The van der Waals surface area contributed by atoms with Gasteiger partial charge in [-0.15, -0.1) is 0 Å². The number of amides is 1. The number of alkyl halides is 3. The van der Waals surface area contributed by atoms with Gasteiger partial charge in [-0.2, -0.15) is 23.4 Å². The van der Waals surface area contributed by atoms with Gasteiger partial charge in [-0.1, -0.05) is 18.2 Å². The summed E-state index contributed by atoms with van der Waals surface area (Å²) in [7, 11) is 1.51. The van der Waals surface area contributed by atoms with Crippen LogP contribution in [0, 0.1) is 5.92 Å². The summed E-state index contributed by atoms with van der Waals surface area (Å²) in [5.74, 6) is 0.988. The first kappa shape index (κ1) is 23.3. The van der Waals surface area contributed by atoms with Crippen LogP contribution in [0.4, 0.5) is 19.0 Å². The first-order valence-corrected chi connectivity index (χ1v) is 12.4. The van der Waals surface area contributed by atoms with Crippen molar-refractivity contribution in [1.82, 2.24) is 24.5 Å². The number of hydrogen-bond acceptors (Lipinski definition) is 5. The summed E-state index contributed by atoms with van der Waals surface area (Å²) in [5, 5.41) is 8.73. The molecule has 8 nitrogen and oxygen atoms in total. The van der Waals surface area contributed by atoms with E-state index in [1.807, 2.05) is 17.1 Å². The normalized spacial score (nSPS) is 24.3. The number of nitrogens with zero attached hydrogens (tertiary/aromatic N) is 6. The van der Waals surface area contributed by atoms with Crippen LogP contribution in [0.3, 0.4) is 0 Å². The topological polar surface area (TPSA) is 68.4 Å². The molecule has 0 saturated carbocycles. The number of aryl methyl sites for hydroxylation is 1. The first-order chi connectivity index (χ1) is 17.2. The van der Waals surface area contributed by atoms with Crippen molar-refractivity contribution in [3.8, 4) is 0 Å². The van der Waals surface area contributed by atoms with Crippen molar-refractivity contribution in [2.75, 3.05) is 31.2 Å². The average molecular weight is 503 g/mol. The summed E-state index contributed by atoms with van der Waals surface area (Å²) in [5.41, 5.74) is 2.06. The van der Waals surface area contributed by atoms with E-state index in [0.717, 1.165) is 37.2 Å². The lowest BCUT2D eigenvalue weighted by Gasteiger charge is -2.41. The van der Waals surface area contributed by atoms with Crippen molar-refractivity contribution in [2.45, 2.75) is 51.0 Å². The zero-order valence-corrected chi connectivity index (χ0v) is 20.3. The molecule has 192 valence electrons. The van der Waals surface area contributed by atoms with Crippen LogP contribution in [0.1, 0.15) is 48.3 Å². The highest BCUT2D eigenvalue weighted by Gasteiger charge is 2.40. The van der Waals surface area contributed by atoms with Crippen molar-refractivity contribution in [2.24, 2.45) is 13.0 Å². The predicted octanol–water partition coefficient (Wildman–Crippen LogP) is 3.35. The maximum absolute atomic E-state index is 13.6. The van der Waals surface area contributed by atoms with Gasteiger partial charge in [-0.25, -0.2) is 0 Å². The van der Waals surface area contributed by atoms with Gasteiger partial charge in [0.2, 0.25) is 5.91 Å². The second kappa shape index (κ2) is 8.50. The molecule has 4 aliphatic rings. The Morgan fingerprint density at radius 3 is 2.69 bits per heavy atom. The number of halogens is 3. The highest BCUT2D eigenvalue weighted by Crippen LogP contribution is 2.41. The quantitative estimate of drug-likeness (QED) is 0.644. The van der Waals surface area contributed by atoms with Gasteiger partial charge in [0.1, 0.15) is 0 Å². The first-order valence-electron chi connectivity index (χ1n) is 12.4. The lowest BCUT2D eigenvalue weighted by atomic mass is 9.82. The maximum atomic E-state index is 13.6. The van der Waals surface area contributed by atoms with Gasteiger partial charge in [0, 0.05) is 62.4 Å². The van der Waals surface area contributed by atoms with Crippen LogP contribution in [0.25, 0.3) is 5.57 Å². The minimum Gasteiger partial charge on any atom is -0.377 e. The fraction of sp³-hybridized carbons (Fsp3) is 0.560. The molecule has 0 spiro atoms. The zero-order valence-electron chi connectivity index (χ0n) is 20.3. The monoisotopic (exact) mass is 502 g/mol. The summed E-state index contributed by atoms with van der Waals surface area (Å²) < 4.78 is 49.5. The van der Waals surface area contributed by atoms with Crippen LogP contribution in [0.5, 0.6) is 0 Å². The Hall–Kier alpha value is -3.08. The molecule has 2 saturated heterocycles. The fourth-order valence-corrected chi connectivity index (χ4v) is 5.90. The number of allylic oxidation sites excluding steroid dienone is 2. The summed E-state index contributed by atoms with van der Waals surface area (Å²) in [6, 6.07) is 0.197. The third-order valence-electron chi connectivity index (χ3n) is 7.76. The molecule has 2 aromatic rings. The maximum Gasteiger partial charge on any atom is 0.435 e. The van der Waals surface area contributed by atoms with E-state index in [-0.39, 0.29) is 29.5 Å². The summed E-state index contributed by atoms with van der Waals surface area (Å²) >= 11 is 0. The number of fused-ring (bicyclic) bond motifs is 2. The van der Waals surface area contributed by atoms with E-state index in [9.17, 15) is 18.0 Å². The van der Waals surface area contributed by atoms with Crippen LogP contribution in [-0.2, 0) is 35.7 Å². The molecule has 0 bridgehead atoms. The molecule has 36 heavy (non-hydrogen) atoms. The number of hydrogen-bond donors (Lipinski definition) is 0. The summed E-state index contributed by atoms with van der Waals surface area (Å²) in [6.45, 7) is 4.86. The van der Waals surface area contributed by atoms with Crippen LogP contribution < -0.4 is 4.90 Å². The number of rotatable bonds is 3. The molecule has 2 aromatic heterocycles. The van der Waals surface area contributed by atoms with Crippen molar-refractivity contribution in [3.63, 3.8) is 0 Å². The van der Waals surface area contributed by atoms with Gasteiger partial charge in [0.25, 0.3) is 0 Å². The van der Waals surface area contributed by atoms with E-state index >= 15 is 0 Å². The fourth-order valence-electron chi connectivity index (χ4n) is 5.90. The minimum atomic E-state index is -4.51. The molecule has 3 aliphatic heterocycles. The van der Waals surface area contributed by atoms with Gasteiger partial charge in [-0.3, -0.25) is 14.2 Å². The highest BCUT2D eigenvalue weighted by molar-refractivity contribution is 5.78. The van der Waals surface area contributed by atoms with Gasteiger partial charge in [-0.05, 0) is 18.4 Å². The van der Waals surface area contributed by atoms with Crippen molar-refractivity contribution in [1.29, 1.82) is 0 Å². The zero-order chi connectivity index (χ0) is 25.2. The second-order valence-electron chi connectivity index (χ2n) is 10.1. The molecule has 2 unspecified atom stereocenters. The van der Waals surface area contributed by atoms with Crippen LogP contribution in [0.2, 0.25) is 0 Å². The largest absolute Gasteiger partial charge is 0.435 e. The molecule has 0 N–H and O–H groups in total. The molecule has 6 rings (SSSR count). The Morgan fingerprint density at radius 1 is 1.19 bits per heavy atom. The van der Waals surface area contributed by atoms with Gasteiger partial charge < -0.3 is 14.5 Å². The second-order valence-corrected chi connectivity index (χ2v) is 10.1. The molecule has 11 heteroatoms. The third kappa shape index (κ3) is 3.84. The number of carbonyl (C=O) groups is 1. The molecule has 5 heterocycles. The van der Waals surface area contributed by atoms with Crippen LogP contribution in [-0.4, -0.2) is 62.7 Å². The van der Waals surface area contributed by atoms with Crippen LogP contribution in [0.15, 0.2) is 24.4 Å².